The number of rotatable bonds is 5. The molecule has 4 heteroatoms. The van der Waals surface area contributed by atoms with Gasteiger partial charge < -0.3 is 10.4 Å². The van der Waals surface area contributed by atoms with Gasteiger partial charge in [0.1, 0.15) is 0 Å². The lowest BCUT2D eigenvalue weighted by Gasteiger charge is -2.19. The van der Waals surface area contributed by atoms with Gasteiger partial charge in [0.05, 0.1) is 6.61 Å². The summed E-state index contributed by atoms with van der Waals surface area (Å²) in [5, 5.41) is 14.5. The molecule has 0 radical (unpaired) electrons. The maximum atomic E-state index is 9.07. The molecule has 2 nitrogen and oxygen atoms in total. The first-order valence-corrected chi connectivity index (χ1v) is 6.46. The molecule has 0 aliphatic rings. The van der Waals surface area contributed by atoms with Crippen molar-refractivity contribution in [2.45, 2.75) is 32.4 Å². The van der Waals surface area contributed by atoms with Gasteiger partial charge >= 0.3 is 0 Å². The summed E-state index contributed by atoms with van der Waals surface area (Å²) >= 11 is 5.24. The molecular weight excluding hydrogens is 262 g/mol. The summed E-state index contributed by atoms with van der Waals surface area (Å²) in [5.41, 5.74) is 0. The third-order valence-corrected chi connectivity index (χ3v) is 4.29. The first kappa shape index (κ1) is 12.2. The van der Waals surface area contributed by atoms with E-state index in [0.717, 1.165) is 10.9 Å². The van der Waals surface area contributed by atoms with Crippen LogP contribution >= 0.6 is 27.3 Å². The van der Waals surface area contributed by atoms with Crippen molar-refractivity contribution in [2.24, 2.45) is 0 Å². The SMILES string of the molecule is CC[C@@H](CO)NC(C)c1sccc1Br. The van der Waals surface area contributed by atoms with Crippen LogP contribution in [0.5, 0.6) is 0 Å². The van der Waals surface area contributed by atoms with Crippen molar-refractivity contribution in [1.82, 2.24) is 5.32 Å². The van der Waals surface area contributed by atoms with Crippen LogP contribution in [0.25, 0.3) is 0 Å². The molecule has 0 aliphatic carbocycles. The molecule has 1 aromatic rings. The van der Waals surface area contributed by atoms with Crippen LogP contribution in [-0.4, -0.2) is 17.8 Å². The van der Waals surface area contributed by atoms with E-state index in [4.69, 9.17) is 5.11 Å². The van der Waals surface area contributed by atoms with E-state index in [1.807, 2.05) is 0 Å². The highest BCUT2D eigenvalue weighted by atomic mass is 79.9. The second-order valence-corrected chi connectivity index (χ2v) is 5.11. The smallest absolute Gasteiger partial charge is 0.0584 e. The van der Waals surface area contributed by atoms with Crippen LogP contribution in [0.1, 0.15) is 31.2 Å². The van der Waals surface area contributed by atoms with Crippen molar-refractivity contribution in [2.75, 3.05) is 6.61 Å². The summed E-state index contributed by atoms with van der Waals surface area (Å²) < 4.78 is 1.15. The van der Waals surface area contributed by atoms with Gasteiger partial charge in [-0.05, 0) is 40.7 Å². The van der Waals surface area contributed by atoms with Crippen LogP contribution < -0.4 is 5.32 Å². The van der Waals surface area contributed by atoms with Crippen LogP contribution in [0.3, 0.4) is 0 Å². The van der Waals surface area contributed by atoms with Crippen molar-refractivity contribution in [3.8, 4) is 0 Å². The Kier molecular flexibility index (Phi) is 5.09. The minimum Gasteiger partial charge on any atom is -0.395 e. The van der Waals surface area contributed by atoms with Gasteiger partial charge in [0, 0.05) is 21.4 Å². The molecule has 1 unspecified atom stereocenters. The molecule has 0 aliphatic heterocycles. The van der Waals surface area contributed by atoms with Crippen molar-refractivity contribution in [1.29, 1.82) is 0 Å². The minimum atomic E-state index is 0.194. The van der Waals surface area contributed by atoms with Gasteiger partial charge in [-0.15, -0.1) is 11.3 Å². The molecule has 0 saturated heterocycles. The molecule has 2 atom stereocenters. The van der Waals surface area contributed by atoms with E-state index in [1.165, 1.54) is 4.88 Å². The summed E-state index contributed by atoms with van der Waals surface area (Å²) in [4.78, 5) is 1.29. The van der Waals surface area contributed by atoms with Crippen LogP contribution in [0, 0.1) is 0 Å². The monoisotopic (exact) mass is 277 g/mol. The molecule has 0 amide bonds. The summed E-state index contributed by atoms with van der Waals surface area (Å²) in [6, 6.07) is 2.54. The van der Waals surface area contributed by atoms with E-state index in [2.05, 4.69) is 46.5 Å². The molecule has 14 heavy (non-hydrogen) atoms. The third-order valence-electron chi connectivity index (χ3n) is 2.24. The molecular formula is C10H16BrNOS. The molecule has 1 heterocycles. The Morgan fingerprint density at radius 3 is 2.79 bits per heavy atom. The molecule has 0 fully saturated rings. The Morgan fingerprint density at radius 2 is 2.36 bits per heavy atom. The maximum Gasteiger partial charge on any atom is 0.0584 e. The Morgan fingerprint density at radius 1 is 1.64 bits per heavy atom. The number of nitrogens with one attached hydrogen (secondary N) is 1. The Bertz CT molecular complexity index is 273. The van der Waals surface area contributed by atoms with Gasteiger partial charge in [-0.3, -0.25) is 0 Å². The maximum absolute atomic E-state index is 9.07. The fourth-order valence-corrected chi connectivity index (χ4v) is 3.08. The van der Waals surface area contributed by atoms with Crippen LogP contribution in [-0.2, 0) is 0 Å². The van der Waals surface area contributed by atoms with Crippen molar-refractivity contribution in [3.63, 3.8) is 0 Å². The second kappa shape index (κ2) is 5.85. The molecule has 1 rings (SSSR count). The van der Waals surface area contributed by atoms with E-state index in [-0.39, 0.29) is 12.6 Å². The van der Waals surface area contributed by atoms with Gasteiger partial charge in [-0.2, -0.15) is 0 Å². The number of aliphatic hydroxyl groups excluding tert-OH is 1. The molecule has 0 spiro atoms. The van der Waals surface area contributed by atoms with Gasteiger partial charge in [-0.1, -0.05) is 6.92 Å². The molecule has 0 aromatic carbocycles. The summed E-state index contributed by atoms with van der Waals surface area (Å²) in [7, 11) is 0. The lowest BCUT2D eigenvalue weighted by Crippen LogP contribution is -2.33. The standard InChI is InChI=1S/C10H16BrNOS/c1-3-8(6-13)12-7(2)10-9(11)4-5-14-10/h4-5,7-8,12-13H,3,6H2,1-2H3/t7?,8-/m0/s1. The molecule has 2 N–H and O–H groups in total. The highest BCUT2D eigenvalue weighted by Crippen LogP contribution is 2.28. The highest BCUT2D eigenvalue weighted by Gasteiger charge is 2.14. The first-order valence-electron chi connectivity index (χ1n) is 4.78. The fourth-order valence-electron chi connectivity index (χ4n) is 1.34. The predicted molar refractivity (Wildman–Crippen MR) is 64.7 cm³/mol. The Labute approximate surface area is 97.5 Å². The fraction of sp³-hybridized carbons (Fsp3) is 0.600. The van der Waals surface area contributed by atoms with Crippen molar-refractivity contribution in [3.05, 3.63) is 20.8 Å². The van der Waals surface area contributed by atoms with Gasteiger partial charge in [0.15, 0.2) is 0 Å². The Hall–Kier alpha value is 0.100. The molecule has 1 aromatic heterocycles. The minimum absolute atomic E-state index is 0.194. The molecule has 80 valence electrons. The zero-order chi connectivity index (χ0) is 10.6. The summed E-state index contributed by atoms with van der Waals surface area (Å²) in [5.74, 6) is 0. The number of thiophene rings is 1. The largest absolute Gasteiger partial charge is 0.395 e. The van der Waals surface area contributed by atoms with Gasteiger partial charge in [-0.25, -0.2) is 0 Å². The van der Waals surface area contributed by atoms with E-state index in [9.17, 15) is 0 Å². The van der Waals surface area contributed by atoms with Crippen LogP contribution in [0.15, 0.2) is 15.9 Å². The quantitative estimate of drug-likeness (QED) is 0.868. The van der Waals surface area contributed by atoms with E-state index in [0.29, 0.717) is 6.04 Å². The van der Waals surface area contributed by atoms with Gasteiger partial charge in [0.25, 0.3) is 0 Å². The van der Waals surface area contributed by atoms with Crippen molar-refractivity contribution >= 4 is 27.3 Å². The highest BCUT2D eigenvalue weighted by molar-refractivity contribution is 9.10. The number of halogens is 1. The van der Waals surface area contributed by atoms with Gasteiger partial charge in [0.2, 0.25) is 0 Å². The predicted octanol–water partition coefficient (Wildman–Crippen LogP) is 2.93. The molecule has 0 saturated carbocycles. The molecule has 0 bridgehead atoms. The van der Waals surface area contributed by atoms with E-state index >= 15 is 0 Å². The van der Waals surface area contributed by atoms with Crippen LogP contribution in [0.2, 0.25) is 0 Å². The first-order chi connectivity index (χ1) is 6.69. The third kappa shape index (κ3) is 3.05. The average Bonchev–Trinajstić information content (AvgIpc) is 2.60. The lowest BCUT2D eigenvalue weighted by atomic mass is 10.2. The Balaban J connectivity index is 2.58. The summed E-state index contributed by atoms with van der Waals surface area (Å²) in [6.45, 7) is 4.39. The zero-order valence-corrected chi connectivity index (χ0v) is 10.9. The normalized spacial score (nSPS) is 15.4. The number of aliphatic hydroxyl groups is 1. The average molecular weight is 278 g/mol. The zero-order valence-electron chi connectivity index (χ0n) is 8.46. The topological polar surface area (TPSA) is 32.3 Å². The number of hydrogen-bond donors (Lipinski definition) is 2. The van der Waals surface area contributed by atoms with Crippen LogP contribution in [0.4, 0.5) is 0 Å². The lowest BCUT2D eigenvalue weighted by molar-refractivity contribution is 0.230. The van der Waals surface area contributed by atoms with E-state index in [1.54, 1.807) is 11.3 Å². The number of hydrogen-bond acceptors (Lipinski definition) is 3. The summed E-state index contributed by atoms with van der Waals surface area (Å²) in [6.07, 6.45) is 0.948. The van der Waals surface area contributed by atoms with E-state index < -0.39 is 0 Å². The van der Waals surface area contributed by atoms with Crippen molar-refractivity contribution < 1.29 is 5.11 Å². The second-order valence-electron chi connectivity index (χ2n) is 3.31.